The normalized spacial score (nSPS) is 11.1. The molecule has 0 unspecified atom stereocenters. The monoisotopic (exact) mass is 418 g/mol. The Hall–Kier alpha value is -3.34. The van der Waals surface area contributed by atoms with Gasteiger partial charge < -0.3 is 4.74 Å². The zero-order valence-corrected chi connectivity index (χ0v) is 17.4. The van der Waals surface area contributed by atoms with E-state index in [4.69, 9.17) is 4.74 Å². The molecule has 0 radical (unpaired) electrons. The molecule has 4 rings (SSSR count). The van der Waals surface area contributed by atoms with Crippen LogP contribution in [0.5, 0.6) is 5.75 Å². The van der Waals surface area contributed by atoms with Crippen LogP contribution in [0.2, 0.25) is 0 Å². The average molecular weight is 418 g/mol. The number of unbranched alkanes of at least 4 members (excludes halogenated alkanes) is 1. The summed E-state index contributed by atoms with van der Waals surface area (Å²) in [5.41, 5.74) is 2.45. The maximum atomic E-state index is 15.1. The average Bonchev–Trinajstić information content (AvgIpc) is 2.80. The molecule has 0 N–H and O–H groups in total. The van der Waals surface area contributed by atoms with Gasteiger partial charge in [0.1, 0.15) is 11.6 Å². The van der Waals surface area contributed by atoms with Gasteiger partial charge in [-0.3, -0.25) is 0 Å². The van der Waals surface area contributed by atoms with Crippen molar-refractivity contribution in [3.63, 3.8) is 0 Å². The largest absolute Gasteiger partial charge is 0.490 e. The molecular formula is C26H24F2N2O. The van der Waals surface area contributed by atoms with Gasteiger partial charge in [-0.2, -0.15) is 0 Å². The van der Waals surface area contributed by atoms with Crippen molar-refractivity contribution in [2.45, 2.75) is 32.6 Å². The zero-order chi connectivity index (χ0) is 21.6. The standard InChI is InChI=1S/C26H24F2N2O/c1-2-3-14-31-23-16-29-26(30-17-23)21-10-13-24-20(15-21)9-8-19(25(24)28)7-4-18-5-11-22(27)12-6-18/h5-6,8-13,15-17H,2-4,7,14H2,1H3. The van der Waals surface area contributed by atoms with Crippen molar-refractivity contribution in [2.24, 2.45) is 0 Å². The first-order valence-electron chi connectivity index (χ1n) is 10.5. The van der Waals surface area contributed by atoms with Gasteiger partial charge in [-0.25, -0.2) is 18.7 Å². The molecule has 31 heavy (non-hydrogen) atoms. The molecule has 0 saturated carbocycles. The van der Waals surface area contributed by atoms with Crippen LogP contribution >= 0.6 is 0 Å². The van der Waals surface area contributed by atoms with Crippen LogP contribution in [0.25, 0.3) is 22.2 Å². The SMILES string of the molecule is CCCCOc1cnc(-c2ccc3c(F)c(CCc4ccc(F)cc4)ccc3c2)nc1. The van der Waals surface area contributed by atoms with Crippen molar-refractivity contribution in [1.82, 2.24) is 9.97 Å². The lowest BCUT2D eigenvalue weighted by molar-refractivity contribution is 0.307. The van der Waals surface area contributed by atoms with Crippen LogP contribution in [-0.2, 0) is 12.8 Å². The number of benzene rings is 3. The number of ether oxygens (including phenoxy) is 1. The van der Waals surface area contributed by atoms with Crippen LogP contribution in [0, 0.1) is 11.6 Å². The first kappa shape index (κ1) is 20.9. The topological polar surface area (TPSA) is 35.0 Å². The number of aromatic nitrogens is 2. The van der Waals surface area contributed by atoms with Gasteiger partial charge in [-0.1, -0.05) is 49.7 Å². The van der Waals surface area contributed by atoms with Crippen LogP contribution in [0.3, 0.4) is 0 Å². The molecule has 3 nitrogen and oxygen atoms in total. The molecule has 1 heterocycles. The molecular weight excluding hydrogens is 394 g/mol. The third-order valence-corrected chi connectivity index (χ3v) is 5.28. The molecule has 1 aromatic heterocycles. The first-order valence-corrected chi connectivity index (χ1v) is 10.5. The number of hydrogen-bond acceptors (Lipinski definition) is 3. The molecule has 158 valence electrons. The van der Waals surface area contributed by atoms with Crippen LogP contribution < -0.4 is 4.74 Å². The Bertz CT molecular complexity index is 1160. The van der Waals surface area contributed by atoms with E-state index < -0.39 is 0 Å². The molecule has 0 saturated heterocycles. The van der Waals surface area contributed by atoms with Gasteiger partial charge in [-0.15, -0.1) is 0 Å². The molecule has 0 bridgehead atoms. The third kappa shape index (κ3) is 5.05. The first-order chi connectivity index (χ1) is 15.1. The number of rotatable bonds is 8. The highest BCUT2D eigenvalue weighted by Crippen LogP contribution is 2.27. The van der Waals surface area contributed by atoms with Crippen molar-refractivity contribution in [3.05, 3.63) is 89.8 Å². The number of fused-ring (bicyclic) bond motifs is 1. The lowest BCUT2D eigenvalue weighted by Crippen LogP contribution is -1.98. The Kier molecular flexibility index (Phi) is 6.51. The number of nitrogens with zero attached hydrogens (tertiary/aromatic N) is 2. The lowest BCUT2D eigenvalue weighted by Gasteiger charge is -2.09. The van der Waals surface area contributed by atoms with E-state index in [-0.39, 0.29) is 11.6 Å². The van der Waals surface area contributed by atoms with Crippen molar-refractivity contribution in [1.29, 1.82) is 0 Å². The number of halogens is 2. The Morgan fingerprint density at radius 3 is 2.39 bits per heavy atom. The lowest BCUT2D eigenvalue weighted by atomic mass is 9.99. The number of aryl methyl sites for hydroxylation is 2. The molecule has 0 aliphatic heterocycles. The van der Waals surface area contributed by atoms with E-state index in [1.165, 1.54) is 12.1 Å². The van der Waals surface area contributed by atoms with Gasteiger partial charge in [0, 0.05) is 10.9 Å². The molecule has 0 aliphatic rings. The summed E-state index contributed by atoms with van der Waals surface area (Å²) in [6.45, 7) is 2.76. The summed E-state index contributed by atoms with van der Waals surface area (Å²) >= 11 is 0. The minimum Gasteiger partial charge on any atom is -0.490 e. The molecule has 0 spiro atoms. The quantitative estimate of drug-likeness (QED) is 0.305. The van der Waals surface area contributed by atoms with Gasteiger partial charge in [0.05, 0.1) is 19.0 Å². The fraction of sp³-hybridized carbons (Fsp3) is 0.231. The van der Waals surface area contributed by atoms with Gasteiger partial charge in [0.25, 0.3) is 0 Å². The Labute approximate surface area is 180 Å². The molecule has 5 heteroatoms. The van der Waals surface area contributed by atoms with Crippen LogP contribution in [-0.4, -0.2) is 16.6 Å². The predicted octanol–water partition coefficient (Wildman–Crippen LogP) is 6.54. The predicted molar refractivity (Wildman–Crippen MR) is 119 cm³/mol. The highest BCUT2D eigenvalue weighted by molar-refractivity contribution is 5.87. The molecule has 0 fully saturated rings. The number of hydrogen-bond donors (Lipinski definition) is 0. The van der Waals surface area contributed by atoms with Gasteiger partial charge >= 0.3 is 0 Å². The minimum atomic E-state index is -0.265. The van der Waals surface area contributed by atoms with Gasteiger partial charge in [0.15, 0.2) is 11.6 Å². The maximum Gasteiger partial charge on any atom is 0.159 e. The van der Waals surface area contributed by atoms with Crippen LogP contribution in [0.4, 0.5) is 8.78 Å². The summed E-state index contributed by atoms with van der Waals surface area (Å²) in [7, 11) is 0. The minimum absolute atomic E-state index is 0.216. The summed E-state index contributed by atoms with van der Waals surface area (Å²) in [6.07, 6.45) is 6.60. The van der Waals surface area contributed by atoms with E-state index in [9.17, 15) is 4.39 Å². The smallest absolute Gasteiger partial charge is 0.159 e. The Balaban J connectivity index is 1.50. The maximum absolute atomic E-state index is 15.1. The molecule has 0 amide bonds. The van der Waals surface area contributed by atoms with Gasteiger partial charge in [0.2, 0.25) is 0 Å². The summed E-state index contributed by atoms with van der Waals surface area (Å²) in [5.74, 6) is 0.742. The molecule has 4 aromatic rings. The highest BCUT2D eigenvalue weighted by atomic mass is 19.1. The second-order valence-corrected chi connectivity index (χ2v) is 7.55. The highest BCUT2D eigenvalue weighted by Gasteiger charge is 2.10. The fourth-order valence-electron chi connectivity index (χ4n) is 3.47. The van der Waals surface area contributed by atoms with Crippen molar-refractivity contribution >= 4 is 10.8 Å². The van der Waals surface area contributed by atoms with Crippen molar-refractivity contribution in [3.8, 4) is 17.1 Å². The third-order valence-electron chi connectivity index (χ3n) is 5.28. The summed E-state index contributed by atoms with van der Waals surface area (Å²) in [6, 6.07) is 15.6. The Morgan fingerprint density at radius 1 is 0.871 bits per heavy atom. The zero-order valence-electron chi connectivity index (χ0n) is 17.4. The van der Waals surface area contributed by atoms with Crippen LogP contribution in [0.1, 0.15) is 30.9 Å². The summed E-state index contributed by atoms with van der Waals surface area (Å²) < 4.78 is 33.7. The Morgan fingerprint density at radius 2 is 1.65 bits per heavy atom. The second kappa shape index (κ2) is 9.65. The van der Waals surface area contributed by atoms with E-state index in [2.05, 4.69) is 16.9 Å². The fourth-order valence-corrected chi connectivity index (χ4v) is 3.47. The van der Waals surface area contributed by atoms with Crippen molar-refractivity contribution < 1.29 is 13.5 Å². The van der Waals surface area contributed by atoms with Gasteiger partial charge in [-0.05, 0) is 54.0 Å². The summed E-state index contributed by atoms with van der Waals surface area (Å²) in [4.78, 5) is 8.77. The molecule has 0 atom stereocenters. The van der Waals surface area contributed by atoms with E-state index in [0.717, 1.165) is 29.4 Å². The van der Waals surface area contributed by atoms with E-state index >= 15 is 4.39 Å². The van der Waals surface area contributed by atoms with E-state index in [1.807, 2.05) is 24.3 Å². The van der Waals surface area contributed by atoms with Crippen LogP contribution in [0.15, 0.2) is 67.0 Å². The van der Waals surface area contributed by atoms with Crippen molar-refractivity contribution in [2.75, 3.05) is 6.61 Å². The molecule has 3 aromatic carbocycles. The van der Waals surface area contributed by atoms with E-state index in [0.29, 0.717) is 42.0 Å². The van der Waals surface area contributed by atoms with E-state index in [1.54, 1.807) is 30.6 Å². The molecule has 0 aliphatic carbocycles. The second-order valence-electron chi connectivity index (χ2n) is 7.55. The summed E-state index contributed by atoms with van der Waals surface area (Å²) in [5, 5.41) is 1.37.